The number of nitrogens with zero attached hydrogens (tertiary/aromatic N) is 2. The Bertz CT molecular complexity index is 895. The molecule has 30 heavy (non-hydrogen) atoms. The molecule has 0 aliphatic carbocycles. The van der Waals surface area contributed by atoms with Crippen molar-refractivity contribution in [3.63, 3.8) is 0 Å². The zero-order valence-electron chi connectivity index (χ0n) is 17.7. The van der Waals surface area contributed by atoms with E-state index in [0.29, 0.717) is 18.1 Å². The maximum atomic E-state index is 13.5. The van der Waals surface area contributed by atoms with Gasteiger partial charge in [-0.05, 0) is 61.4 Å². The third kappa shape index (κ3) is 4.84. The molecule has 1 aliphatic heterocycles. The number of carbonyl (C=O) groups excluding carboxylic acids is 2. The average Bonchev–Trinajstić information content (AvgIpc) is 3.21. The molecule has 1 aromatic heterocycles. The van der Waals surface area contributed by atoms with E-state index in [2.05, 4.69) is 11.4 Å². The summed E-state index contributed by atoms with van der Waals surface area (Å²) in [6.07, 6.45) is 1.62. The maximum Gasteiger partial charge on any atom is 0.242 e. The van der Waals surface area contributed by atoms with E-state index in [9.17, 15) is 9.59 Å². The quantitative estimate of drug-likeness (QED) is 0.513. The van der Waals surface area contributed by atoms with Crippen LogP contribution in [0.3, 0.4) is 0 Å². The molecule has 7 heteroatoms. The average molecular weight is 467 g/mol. The zero-order chi connectivity index (χ0) is 21.9. The predicted octanol–water partition coefficient (Wildman–Crippen LogP) is 5.38. The minimum absolute atomic E-state index is 0.0426. The van der Waals surface area contributed by atoms with Gasteiger partial charge in [-0.1, -0.05) is 30.7 Å². The minimum Gasteiger partial charge on any atom is -0.333 e. The highest BCUT2D eigenvalue weighted by Gasteiger charge is 2.36. The van der Waals surface area contributed by atoms with Crippen LogP contribution < -0.4 is 0 Å². The van der Waals surface area contributed by atoms with Crippen molar-refractivity contribution >= 4 is 46.4 Å². The Balaban J connectivity index is 1.89. The first-order valence-corrected chi connectivity index (χ1v) is 12.0. The van der Waals surface area contributed by atoms with Gasteiger partial charge in [-0.3, -0.25) is 9.59 Å². The fraction of sp³-hybridized carbons (Fsp3) is 0.478. The van der Waals surface area contributed by atoms with Crippen molar-refractivity contribution in [1.29, 1.82) is 0 Å². The molecule has 1 aromatic carbocycles. The Labute approximate surface area is 192 Å². The zero-order valence-corrected chi connectivity index (χ0v) is 20.0. The lowest BCUT2D eigenvalue weighted by atomic mass is 9.92. The van der Waals surface area contributed by atoms with Gasteiger partial charge in [-0.15, -0.1) is 22.9 Å². The number of hydrogen-bond donors (Lipinski definition) is 0. The molecule has 2 amide bonds. The number of rotatable bonds is 7. The molecule has 0 radical (unpaired) electrons. The van der Waals surface area contributed by atoms with Crippen molar-refractivity contribution < 1.29 is 9.59 Å². The SMILES string of the molecule is CCCN(CC(=O)N1CCc2sccc2C1c1ccc(Cl)cc1)C(=O)C(C)(C)CCl. The highest BCUT2D eigenvalue weighted by Crippen LogP contribution is 2.38. The van der Waals surface area contributed by atoms with Gasteiger partial charge in [0.2, 0.25) is 11.8 Å². The van der Waals surface area contributed by atoms with Gasteiger partial charge in [0.15, 0.2) is 0 Å². The Hall–Kier alpha value is -1.56. The third-order valence-electron chi connectivity index (χ3n) is 5.49. The van der Waals surface area contributed by atoms with Crippen molar-refractivity contribution in [3.05, 3.63) is 56.7 Å². The predicted molar refractivity (Wildman–Crippen MR) is 124 cm³/mol. The van der Waals surface area contributed by atoms with Crippen LogP contribution >= 0.6 is 34.5 Å². The Morgan fingerprint density at radius 2 is 1.93 bits per heavy atom. The second-order valence-corrected chi connectivity index (χ2v) is 10.0. The second-order valence-electron chi connectivity index (χ2n) is 8.33. The standard InChI is InChI=1S/C23H28Cl2N2O2S/c1-4-11-26(22(29)23(2,3)15-24)14-20(28)27-12-9-19-18(10-13-30-19)21(27)16-5-7-17(25)8-6-16/h5-8,10,13,21H,4,9,11-12,14-15H2,1-3H3. The summed E-state index contributed by atoms with van der Waals surface area (Å²) in [4.78, 5) is 31.3. The molecule has 1 atom stereocenters. The number of benzene rings is 1. The first kappa shape index (κ1) is 23.1. The fourth-order valence-electron chi connectivity index (χ4n) is 3.85. The Morgan fingerprint density at radius 3 is 2.57 bits per heavy atom. The second kappa shape index (κ2) is 9.71. The molecular formula is C23H28Cl2N2O2S. The summed E-state index contributed by atoms with van der Waals surface area (Å²) in [5.74, 6) is 0.0956. The van der Waals surface area contributed by atoms with E-state index in [0.717, 1.165) is 24.0 Å². The molecule has 0 fully saturated rings. The molecule has 0 spiro atoms. The van der Waals surface area contributed by atoms with Crippen LogP contribution in [0.25, 0.3) is 0 Å². The van der Waals surface area contributed by atoms with Gasteiger partial charge < -0.3 is 9.80 Å². The number of amides is 2. The van der Waals surface area contributed by atoms with Gasteiger partial charge in [0.05, 0.1) is 18.0 Å². The molecular weight excluding hydrogens is 439 g/mol. The molecule has 1 aliphatic rings. The minimum atomic E-state index is -0.699. The van der Waals surface area contributed by atoms with E-state index < -0.39 is 5.41 Å². The number of fused-ring (bicyclic) bond motifs is 1. The number of alkyl halides is 1. The lowest BCUT2D eigenvalue weighted by Crippen LogP contribution is -2.50. The van der Waals surface area contributed by atoms with Gasteiger partial charge in [0.1, 0.15) is 0 Å². The van der Waals surface area contributed by atoms with Crippen LogP contribution in [0.4, 0.5) is 0 Å². The fourth-order valence-corrected chi connectivity index (χ4v) is 5.00. The van der Waals surface area contributed by atoms with E-state index in [1.807, 2.05) is 49.9 Å². The van der Waals surface area contributed by atoms with E-state index in [1.165, 1.54) is 4.88 Å². The summed E-state index contributed by atoms with van der Waals surface area (Å²) in [5, 5.41) is 2.75. The van der Waals surface area contributed by atoms with Gasteiger partial charge in [0, 0.05) is 28.9 Å². The summed E-state index contributed by atoms with van der Waals surface area (Å²) in [5.41, 5.74) is 1.49. The summed E-state index contributed by atoms with van der Waals surface area (Å²) >= 11 is 13.8. The van der Waals surface area contributed by atoms with Crippen molar-refractivity contribution in [2.45, 2.75) is 39.7 Å². The largest absolute Gasteiger partial charge is 0.333 e. The van der Waals surface area contributed by atoms with Gasteiger partial charge in [-0.2, -0.15) is 0 Å². The highest BCUT2D eigenvalue weighted by molar-refractivity contribution is 7.10. The lowest BCUT2D eigenvalue weighted by molar-refractivity contribution is -0.146. The molecule has 0 bridgehead atoms. The first-order chi connectivity index (χ1) is 14.3. The molecule has 0 saturated heterocycles. The van der Waals surface area contributed by atoms with Gasteiger partial charge in [-0.25, -0.2) is 0 Å². The van der Waals surface area contributed by atoms with Crippen LogP contribution in [-0.2, 0) is 16.0 Å². The molecule has 3 rings (SSSR count). The molecule has 0 N–H and O–H groups in total. The molecule has 2 heterocycles. The normalized spacial score (nSPS) is 16.3. The van der Waals surface area contributed by atoms with Crippen LogP contribution in [0.5, 0.6) is 0 Å². The van der Waals surface area contributed by atoms with Crippen LogP contribution in [0, 0.1) is 5.41 Å². The van der Waals surface area contributed by atoms with Gasteiger partial charge in [0.25, 0.3) is 0 Å². The summed E-state index contributed by atoms with van der Waals surface area (Å²) in [6, 6.07) is 9.61. The topological polar surface area (TPSA) is 40.6 Å². The highest BCUT2D eigenvalue weighted by atomic mass is 35.5. The van der Waals surface area contributed by atoms with Crippen LogP contribution in [0.2, 0.25) is 5.02 Å². The van der Waals surface area contributed by atoms with E-state index in [-0.39, 0.29) is 30.3 Å². The molecule has 1 unspecified atom stereocenters. The van der Waals surface area contributed by atoms with Crippen LogP contribution in [0.15, 0.2) is 35.7 Å². The van der Waals surface area contributed by atoms with Crippen molar-refractivity contribution in [2.24, 2.45) is 5.41 Å². The van der Waals surface area contributed by atoms with Gasteiger partial charge >= 0.3 is 0 Å². The molecule has 0 saturated carbocycles. The third-order valence-corrected chi connectivity index (χ3v) is 7.41. The molecule has 4 nitrogen and oxygen atoms in total. The van der Waals surface area contributed by atoms with E-state index >= 15 is 0 Å². The Kier molecular flexibility index (Phi) is 7.48. The monoisotopic (exact) mass is 466 g/mol. The summed E-state index contributed by atoms with van der Waals surface area (Å²) in [7, 11) is 0. The number of hydrogen-bond acceptors (Lipinski definition) is 3. The smallest absolute Gasteiger partial charge is 0.242 e. The van der Waals surface area contributed by atoms with Crippen LogP contribution in [-0.4, -0.2) is 47.1 Å². The summed E-state index contributed by atoms with van der Waals surface area (Å²) in [6.45, 7) is 6.89. The van der Waals surface area contributed by atoms with Crippen LogP contribution in [0.1, 0.15) is 49.2 Å². The van der Waals surface area contributed by atoms with Crippen molar-refractivity contribution in [3.8, 4) is 0 Å². The Morgan fingerprint density at radius 1 is 1.23 bits per heavy atom. The van der Waals surface area contributed by atoms with E-state index in [4.69, 9.17) is 23.2 Å². The summed E-state index contributed by atoms with van der Waals surface area (Å²) < 4.78 is 0. The number of carbonyl (C=O) groups is 2. The number of thiophene rings is 1. The molecule has 2 aromatic rings. The maximum absolute atomic E-state index is 13.5. The van der Waals surface area contributed by atoms with Crippen molar-refractivity contribution in [2.75, 3.05) is 25.5 Å². The van der Waals surface area contributed by atoms with Crippen molar-refractivity contribution in [1.82, 2.24) is 9.80 Å². The molecule has 162 valence electrons. The number of halogens is 2. The first-order valence-electron chi connectivity index (χ1n) is 10.2. The lowest BCUT2D eigenvalue weighted by Gasteiger charge is -2.38. The van der Waals surface area contributed by atoms with E-state index in [1.54, 1.807) is 16.2 Å².